The maximum absolute atomic E-state index is 10.5. The molecule has 0 amide bonds. The zero-order chi connectivity index (χ0) is 16.0. The molecule has 0 aliphatic heterocycles. The number of hydrogen-bond acceptors (Lipinski definition) is 1. The van der Waals surface area contributed by atoms with E-state index in [1.165, 1.54) is 38.5 Å². The van der Waals surface area contributed by atoms with E-state index < -0.39 is 0 Å². The largest absolute Gasteiger partial charge is 0.390 e. The Kier molecular flexibility index (Phi) is 3.03. The van der Waals surface area contributed by atoms with Crippen molar-refractivity contribution in [1.29, 1.82) is 0 Å². The normalized spacial score (nSPS) is 62.3. The summed E-state index contributed by atoms with van der Waals surface area (Å²) in [5.74, 6) is 6.76. The van der Waals surface area contributed by atoms with Crippen LogP contribution in [0.25, 0.3) is 0 Å². The van der Waals surface area contributed by atoms with Crippen LogP contribution in [0.4, 0.5) is 0 Å². The highest BCUT2D eigenvalue weighted by molar-refractivity contribution is 5.34. The van der Waals surface area contributed by atoms with Gasteiger partial charge in [0.25, 0.3) is 0 Å². The van der Waals surface area contributed by atoms with Gasteiger partial charge >= 0.3 is 0 Å². The second-order valence-electron chi connectivity index (χ2n) is 10.3. The van der Waals surface area contributed by atoms with Crippen molar-refractivity contribution in [2.75, 3.05) is 0 Å². The summed E-state index contributed by atoms with van der Waals surface area (Å²) >= 11 is 0. The second kappa shape index (κ2) is 4.65. The summed E-state index contributed by atoms with van der Waals surface area (Å²) in [5.41, 5.74) is 2.03. The number of aliphatic hydroxyl groups is 1. The molecule has 0 bridgehead atoms. The van der Waals surface area contributed by atoms with E-state index in [4.69, 9.17) is 0 Å². The van der Waals surface area contributed by atoms with Gasteiger partial charge in [-0.2, -0.15) is 0 Å². The summed E-state index contributed by atoms with van der Waals surface area (Å²) in [6.45, 7) is 7.00. The number of hydrogen-bond donors (Lipinski definition) is 1. The van der Waals surface area contributed by atoms with Crippen molar-refractivity contribution in [3.05, 3.63) is 11.6 Å². The van der Waals surface area contributed by atoms with Crippen LogP contribution in [0.5, 0.6) is 0 Å². The third-order valence-corrected chi connectivity index (χ3v) is 9.16. The van der Waals surface area contributed by atoms with E-state index in [0.29, 0.717) is 5.41 Å². The molecule has 0 heterocycles. The minimum absolute atomic E-state index is 0.371. The predicted octanol–water partition coefficient (Wildman–Crippen LogP) is 5.19. The maximum atomic E-state index is 10.5. The summed E-state index contributed by atoms with van der Waals surface area (Å²) in [6, 6.07) is 0. The zero-order valence-corrected chi connectivity index (χ0v) is 15.2. The van der Waals surface area contributed by atoms with Crippen molar-refractivity contribution < 1.29 is 5.11 Å². The van der Waals surface area contributed by atoms with Crippen molar-refractivity contribution in [2.24, 2.45) is 46.8 Å². The third-order valence-electron chi connectivity index (χ3n) is 9.16. The Morgan fingerprint density at radius 2 is 1.74 bits per heavy atom. The topological polar surface area (TPSA) is 20.2 Å². The van der Waals surface area contributed by atoms with Gasteiger partial charge < -0.3 is 5.11 Å². The molecule has 0 radical (unpaired) electrons. The van der Waals surface area contributed by atoms with Crippen molar-refractivity contribution in [3.8, 4) is 0 Å². The predicted molar refractivity (Wildman–Crippen MR) is 93.9 cm³/mol. The Hall–Kier alpha value is -0.300. The van der Waals surface area contributed by atoms with Crippen LogP contribution in [0, 0.1) is 46.8 Å². The van der Waals surface area contributed by atoms with Gasteiger partial charge in [-0.1, -0.05) is 18.6 Å². The molecule has 5 rings (SSSR count). The minimum Gasteiger partial charge on any atom is -0.390 e. The van der Waals surface area contributed by atoms with Crippen LogP contribution in [-0.4, -0.2) is 10.7 Å². The Bertz CT molecular complexity index is 546. The Balaban J connectivity index is 1.44. The second-order valence-corrected chi connectivity index (χ2v) is 10.3. The van der Waals surface area contributed by atoms with Crippen molar-refractivity contribution >= 4 is 0 Å². The first-order valence-electron chi connectivity index (χ1n) is 10.3. The van der Waals surface area contributed by atoms with Crippen LogP contribution in [0.3, 0.4) is 0 Å². The Morgan fingerprint density at radius 1 is 0.957 bits per heavy atom. The van der Waals surface area contributed by atoms with Gasteiger partial charge in [-0.25, -0.2) is 0 Å². The fraction of sp³-hybridized carbons (Fsp3) is 0.909. The number of fused-ring (bicyclic) bond motifs is 7. The van der Waals surface area contributed by atoms with Gasteiger partial charge in [0.05, 0.1) is 5.60 Å². The molecule has 128 valence electrons. The molecule has 5 aliphatic carbocycles. The van der Waals surface area contributed by atoms with E-state index in [-0.39, 0.29) is 5.60 Å². The highest BCUT2D eigenvalue weighted by atomic mass is 16.3. The summed E-state index contributed by atoms with van der Waals surface area (Å²) in [5, 5.41) is 10.5. The number of rotatable bonds is 0. The Morgan fingerprint density at radius 3 is 2.52 bits per heavy atom. The molecule has 5 fully saturated rings. The monoisotopic (exact) mass is 314 g/mol. The molecule has 0 spiro atoms. The summed E-state index contributed by atoms with van der Waals surface area (Å²) in [7, 11) is 0. The summed E-state index contributed by atoms with van der Waals surface area (Å²) in [4.78, 5) is 0. The van der Waals surface area contributed by atoms with Crippen LogP contribution >= 0.6 is 0 Å². The molecule has 1 nitrogen and oxygen atoms in total. The molecule has 5 aliphatic rings. The molecule has 0 aromatic carbocycles. The van der Waals surface area contributed by atoms with Gasteiger partial charge in [0.2, 0.25) is 0 Å². The lowest BCUT2D eigenvalue weighted by Gasteiger charge is -2.57. The lowest BCUT2D eigenvalue weighted by Crippen LogP contribution is -2.50. The van der Waals surface area contributed by atoms with Crippen LogP contribution in [-0.2, 0) is 0 Å². The van der Waals surface area contributed by atoms with Gasteiger partial charge in [0.15, 0.2) is 0 Å². The van der Waals surface area contributed by atoms with Crippen molar-refractivity contribution in [3.63, 3.8) is 0 Å². The first kappa shape index (κ1) is 15.0. The molecule has 5 saturated carbocycles. The third kappa shape index (κ3) is 1.95. The zero-order valence-electron chi connectivity index (χ0n) is 15.2. The molecule has 1 heteroatoms. The van der Waals surface area contributed by atoms with E-state index >= 15 is 0 Å². The van der Waals surface area contributed by atoms with Crippen LogP contribution < -0.4 is 0 Å². The van der Waals surface area contributed by atoms with E-state index in [2.05, 4.69) is 26.8 Å². The SMILES string of the molecule is CC=C1[C@H]2C[C@H]2[C@H]2[C@@H]3CC[C@@H]4C[C@](C)(O)CC[C@@H]4[C@H]3CC[C@]12C. The summed E-state index contributed by atoms with van der Waals surface area (Å²) < 4.78 is 0. The van der Waals surface area contributed by atoms with E-state index in [1.807, 2.05) is 5.57 Å². The van der Waals surface area contributed by atoms with Crippen LogP contribution in [0.15, 0.2) is 11.6 Å². The molecule has 0 aromatic rings. The fourth-order valence-corrected chi connectivity index (χ4v) is 8.39. The van der Waals surface area contributed by atoms with Crippen molar-refractivity contribution in [1.82, 2.24) is 0 Å². The Labute approximate surface area is 141 Å². The molecule has 0 aromatic heterocycles. The molecular formula is C22H34O. The van der Waals surface area contributed by atoms with Gasteiger partial charge in [-0.15, -0.1) is 0 Å². The maximum Gasteiger partial charge on any atom is 0.0622 e. The molecule has 9 atom stereocenters. The van der Waals surface area contributed by atoms with E-state index in [1.54, 1.807) is 0 Å². The van der Waals surface area contributed by atoms with E-state index in [9.17, 15) is 5.11 Å². The minimum atomic E-state index is -0.371. The van der Waals surface area contributed by atoms with Crippen LogP contribution in [0.2, 0.25) is 0 Å². The molecule has 0 saturated heterocycles. The first-order chi connectivity index (χ1) is 10.9. The smallest absolute Gasteiger partial charge is 0.0622 e. The molecule has 0 unspecified atom stereocenters. The average Bonchev–Trinajstić information content (AvgIpc) is 3.21. The first-order valence-corrected chi connectivity index (χ1v) is 10.3. The molecular weight excluding hydrogens is 280 g/mol. The molecule has 1 N–H and O–H groups in total. The van der Waals surface area contributed by atoms with Gasteiger partial charge in [0, 0.05) is 0 Å². The van der Waals surface area contributed by atoms with Gasteiger partial charge in [-0.05, 0) is 112 Å². The lowest BCUT2D eigenvalue weighted by atomic mass is 9.48. The molecule has 23 heavy (non-hydrogen) atoms. The van der Waals surface area contributed by atoms with Gasteiger partial charge in [0.1, 0.15) is 0 Å². The summed E-state index contributed by atoms with van der Waals surface area (Å²) in [6.07, 6.45) is 13.2. The van der Waals surface area contributed by atoms with Gasteiger partial charge in [-0.3, -0.25) is 0 Å². The highest BCUT2D eigenvalue weighted by Gasteiger charge is 2.66. The quantitative estimate of drug-likeness (QED) is 0.610. The number of allylic oxidation sites excluding steroid dienone is 2. The van der Waals surface area contributed by atoms with Crippen molar-refractivity contribution in [2.45, 2.75) is 77.7 Å². The average molecular weight is 315 g/mol. The lowest BCUT2D eigenvalue weighted by molar-refractivity contribution is -0.0940. The fourth-order valence-electron chi connectivity index (χ4n) is 8.39. The van der Waals surface area contributed by atoms with E-state index in [0.717, 1.165) is 54.3 Å². The van der Waals surface area contributed by atoms with Crippen LogP contribution in [0.1, 0.15) is 72.1 Å². The standard InChI is InChI=1S/C22H34O/c1-4-19-17-11-18(17)20-16-6-5-13-12-21(2,23)9-7-14(13)15(16)8-10-22(19,20)3/h4,13-18,20,23H,5-12H2,1-3H3/t13-,14+,15-,16-,17+,18-,20-,21-,22-/m1/s1. The highest BCUT2D eigenvalue weighted by Crippen LogP contribution is 2.74.